The van der Waals surface area contributed by atoms with Crippen molar-refractivity contribution in [1.29, 1.82) is 0 Å². The highest BCUT2D eigenvalue weighted by Crippen LogP contribution is 2.28. The van der Waals surface area contributed by atoms with Crippen molar-refractivity contribution in [3.05, 3.63) is 65.7 Å². The van der Waals surface area contributed by atoms with E-state index in [0.717, 1.165) is 11.3 Å². The zero-order valence-corrected chi connectivity index (χ0v) is 14.7. The molecule has 7 heteroatoms. The Balaban J connectivity index is 1.76. The summed E-state index contributed by atoms with van der Waals surface area (Å²) in [5.74, 6) is -0.431. The van der Waals surface area contributed by atoms with E-state index in [4.69, 9.17) is 9.68 Å². The van der Waals surface area contributed by atoms with Crippen LogP contribution in [0.5, 0.6) is 0 Å². The molecule has 26 heavy (non-hydrogen) atoms. The van der Waals surface area contributed by atoms with Gasteiger partial charge in [0, 0.05) is 19.3 Å². The fraction of sp³-hybridized carbons (Fsp3) is 0.263. The number of rotatable bonds is 4. The summed E-state index contributed by atoms with van der Waals surface area (Å²) in [6, 6.07) is 15.9. The molecule has 2 aromatic carbocycles. The van der Waals surface area contributed by atoms with E-state index in [1.807, 2.05) is 30.3 Å². The molecule has 7 nitrogen and oxygen atoms in total. The second-order valence-electron chi connectivity index (χ2n) is 6.00. The molecule has 1 aliphatic heterocycles. The number of benzene rings is 2. The monoisotopic (exact) mass is 355 g/mol. The Bertz CT molecular complexity index is 781. The summed E-state index contributed by atoms with van der Waals surface area (Å²) in [6.07, 6.45) is 0.658. The molecule has 0 saturated heterocycles. The van der Waals surface area contributed by atoms with Crippen LogP contribution in [0.2, 0.25) is 0 Å². The average molecular weight is 355 g/mol. The molecule has 0 fully saturated rings. The Hall–Kier alpha value is -2.90. The Morgan fingerprint density at radius 3 is 2.54 bits per heavy atom. The highest BCUT2D eigenvalue weighted by atomic mass is 16.7. The summed E-state index contributed by atoms with van der Waals surface area (Å²) < 4.78 is 0. The summed E-state index contributed by atoms with van der Waals surface area (Å²) in [7, 11) is 3.09. The van der Waals surface area contributed by atoms with Gasteiger partial charge in [-0.05, 0) is 30.2 Å². The quantitative estimate of drug-likeness (QED) is 0.853. The maximum atomic E-state index is 12.3. The summed E-state index contributed by atoms with van der Waals surface area (Å²) in [4.78, 5) is 36.4. The molecule has 0 spiro atoms. The van der Waals surface area contributed by atoms with Crippen LogP contribution in [0, 0.1) is 0 Å². The Morgan fingerprint density at radius 1 is 1.12 bits per heavy atom. The van der Waals surface area contributed by atoms with Gasteiger partial charge in [0.1, 0.15) is 0 Å². The molecule has 1 aliphatic rings. The number of hydroxylamine groups is 3. The van der Waals surface area contributed by atoms with Gasteiger partial charge in [-0.3, -0.25) is 9.74 Å². The van der Waals surface area contributed by atoms with E-state index < -0.39 is 5.97 Å². The lowest BCUT2D eigenvalue weighted by molar-refractivity contribution is -0.117. The first-order valence-corrected chi connectivity index (χ1v) is 8.28. The maximum absolute atomic E-state index is 12.3. The predicted molar refractivity (Wildman–Crippen MR) is 96.4 cm³/mol. The number of nitrogens with one attached hydrogen (secondary N) is 1. The zero-order chi connectivity index (χ0) is 18.5. The van der Waals surface area contributed by atoms with Crippen LogP contribution in [0.3, 0.4) is 0 Å². The van der Waals surface area contributed by atoms with Crippen molar-refractivity contribution in [2.24, 2.45) is 0 Å². The minimum absolute atomic E-state index is 0.180. The first-order chi connectivity index (χ1) is 12.6. The van der Waals surface area contributed by atoms with Crippen LogP contribution in [0.1, 0.15) is 15.9 Å². The van der Waals surface area contributed by atoms with Gasteiger partial charge in [-0.15, -0.1) is 5.06 Å². The van der Waals surface area contributed by atoms with Crippen molar-refractivity contribution in [2.75, 3.05) is 25.6 Å². The fourth-order valence-corrected chi connectivity index (χ4v) is 2.98. The lowest BCUT2D eigenvalue weighted by Gasteiger charge is -2.37. The SMILES string of the molecule is CONC(=O)N1C[C@H](N(C)OC(=O)c2ccccc2)Cc2ccccc21. The predicted octanol–water partition coefficient (Wildman–Crippen LogP) is 2.39. The lowest BCUT2D eigenvalue weighted by atomic mass is 9.98. The second-order valence-corrected chi connectivity index (χ2v) is 6.00. The van der Waals surface area contributed by atoms with E-state index in [0.29, 0.717) is 18.5 Å². The molecule has 0 unspecified atom stereocenters. The largest absolute Gasteiger partial charge is 0.364 e. The molecule has 0 bridgehead atoms. The third-order valence-electron chi connectivity index (χ3n) is 4.32. The molecule has 3 rings (SSSR count). The van der Waals surface area contributed by atoms with Crippen molar-refractivity contribution < 1.29 is 19.3 Å². The first kappa shape index (κ1) is 17.9. The number of likely N-dealkylation sites (N-methyl/N-ethyl adjacent to an activating group) is 1. The summed E-state index contributed by atoms with van der Waals surface area (Å²) in [5, 5.41) is 1.51. The highest BCUT2D eigenvalue weighted by molar-refractivity contribution is 5.93. The van der Waals surface area contributed by atoms with Crippen LogP contribution in [0.15, 0.2) is 54.6 Å². The molecule has 2 amide bonds. The molecular formula is C19H21N3O4. The third kappa shape index (κ3) is 3.84. The molecule has 0 saturated carbocycles. The minimum atomic E-state index is -0.431. The Kier molecular flexibility index (Phi) is 5.50. The topological polar surface area (TPSA) is 71.1 Å². The van der Waals surface area contributed by atoms with Gasteiger partial charge in [0.2, 0.25) is 0 Å². The van der Waals surface area contributed by atoms with Gasteiger partial charge in [0.05, 0.1) is 18.7 Å². The standard InChI is InChI=1S/C19H21N3O4/c1-21(26-18(23)14-8-4-3-5-9-14)16-12-15-10-6-7-11-17(15)22(13-16)19(24)20-25-2/h3-11,16H,12-13H2,1-2H3,(H,20,24)/t16-/m1/s1. The van der Waals surface area contributed by atoms with E-state index in [1.54, 1.807) is 36.2 Å². The van der Waals surface area contributed by atoms with Gasteiger partial charge in [-0.1, -0.05) is 36.4 Å². The van der Waals surface area contributed by atoms with Crippen molar-refractivity contribution in [3.8, 4) is 0 Å². The summed E-state index contributed by atoms with van der Waals surface area (Å²) in [6.45, 7) is 0.366. The number of para-hydroxylation sites is 1. The van der Waals surface area contributed by atoms with Crippen molar-refractivity contribution >= 4 is 17.7 Å². The summed E-state index contributed by atoms with van der Waals surface area (Å²) in [5.41, 5.74) is 4.64. The van der Waals surface area contributed by atoms with E-state index in [9.17, 15) is 9.59 Å². The van der Waals surface area contributed by atoms with Crippen LogP contribution in [-0.4, -0.2) is 43.8 Å². The van der Waals surface area contributed by atoms with Gasteiger partial charge in [-0.2, -0.15) is 0 Å². The van der Waals surface area contributed by atoms with Gasteiger partial charge >= 0.3 is 12.0 Å². The molecule has 0 radical (unpaired) electrons. The van der Waals surface area contributed by atoms with E-state index in [1.165, 1.54) is 12.2 Å². The normalized spacial score (nSPS) is 16.1. The van der Waals surface area contributed by atoms with E-state index in [2.05, 4.69) is 5.48 Å². The van der Waals surface area contributed by atoms with Gasteiger partial charge < -0.3 is 4.84 Å². The van der Waals surface area contributed by atoms with Crippen LogP contribution >= 0.6 is 0 Å². The van der Waals surface area contributed by atoms with E-state index in [-0.39, 0.29) is 12.1 Å². The van der Waals surface area contributed by atoms with E-state index >= 15 is 0 Å². The number of nitrogens with zero attached hydrogens (tertiary/aromatic N) is 2. The van der Waals surface area contributed by atoms with Crippen LogP contribution in [0.4, 0.5) is 10.5 Å². The van der Waals surface area contributed by atoms with Crippen LogP contribution in [0.25, 0.3) is 0 Å². The van der Waals surface area contributed by atoms with Crippen molar-refractivity contribution in [3.63, 3.8) is 0 Å². The smallest absolute Gasteiger partial charge is 0.357 e. The Morgan fingerprint density at radius 2 is 1.81 bits per heavy atom. The molecule has 136 valence electrons. The van der Waals surface area contributed by atoms with Gasteiger partial charge in [0.15, 0.2) is 0 Å². The second kappa shape index (κ2) is 7.99. The summed E-state index contributed by atoms with van der Waals surface area (Å²) >= 11 is 0. The Labute approximate surface area is 152 Å². The molecule has 0 aliphatic carbocycles. The highest BCUT2D eigenvalue weighted by Gasteiger charge is 2.32. The zero-order valence-electron chi connectivity index (χ0n) is 14.7. The van der Waals surface area contributed by atoms with Crippen LogP contribution < -0.4 is 10.4 Å². The molecule has 1 N–H and O–H groups in total. The lowest BCUT2D eigenvalue weighted by Crippen LogP contribution is -2.52. The minimum Gasteiger partial charge on any atom is -0.364 e. The van der Waals surface area contributed by atoms with Crippen LogP contribution in [-0.2, 0) is 16.1 Å². The fourth-order valence-electron chi connectivity index (χ4n) is 2.98. The van der Waals surface area contributed by atoms with Gasteiger partial charge in [0.25, 0.3) is 0 Å². The van der Waals surface area contributed by atoms with Crippen molar-refractivity contribution in [1.82, 2.24) is 10.5 Å². The first-order valence-electron chi connectivity index (χ1n) is 8.28. The number of urea groups is 1. The number of anilines is 1. The number of carbonyl (C=O) groups excluding carboxylic acids is 2. The molecule has 1 heterocycles. The molecule has 2 aromatic rings. The molecule has 1 atom stereocenters. The average Bonchev–Trinajstić information content (AvgIpc) is 2.67. The number of carbonyl (C=O) groups is 2. The number of hydrogen-bond acceptors (Lipinski definition) is 5. The number of amides is 2. The van der Waals surface area contributed by atoms with Crippen molar-refractivity contribution in [2.45, 2.75) is 12.5 Å². The number of fused-ring (bicyclic) bond motifs is 1. The maximum Gasteiger partial charge on any atom is 0.357 e. The third-order valence-corrected chi connectivity index (χ3v) is 4.32. The molecule has 0 aromatic heterocycles. The molecular weight excluding hydrogens is 334 g/mol. The van der Waals surface area contributed by atoms with Gasteiger partial charge in [-0.25, -0.2) is 15.1 Å². The number of hydrogen-bond donors (Lipinski definition) is 1.